The second kappa shape index (κ2) is 2.56. The van der Waals surface area contributed by atoms with Crippen molar-refractivity contribution in [3.8, 4) is 0 Å². The van der Waals surface area contributed by atoms with Crippen LogP contribution >= 0.6 is 0 Å². The highest BCUT2D eigenvalue weighted by atomic mass is 16.1. The van der Waals surface area contributed by atoms with Crippen LogP contribution in [0.4, 0.5) is 0 Å². The van der Waals surface area contributed by atoms with Gasteiger partial charge >= 0.3 is 0 Å². The highest BCUT2D eigenvalue weighted by molar-refractivity contribution is 5.98. The van der Waals surface area contributed by atoms with E-state index in [1.54, 1.807) is 0 Å². The SMILES string of the molecule is CC12CCCC(=O)C1=CC1CC2C1(C)C. The van der Waals surface area contributed by atoms with Gasteiger partial charge < -0.3 is 0 Å². The lowest BCUT2D eigenvalue weighted by atomic mass is 9.40. The zero-order chi connectivity index (χ0) is 10.8. The van der Waals surface area contributed by atoms with Crippen molar-refractivity contribution in [2.24, 2.45) is 22.7 Å². The Bertz CT molecular complexity index is 364. The summed E-state index contributed by atoms with van der Waals surface area (Å²) in [5, 5.41) is 0. The molecule has 3 atom stereocenters. The van der Waals surface area contributed by atoms with E-state index in [2.05, 4.69) is 26.8 Å². The molecule has 1 heteroatoms. The molecular weight excluding hydrogens is 184 g/mol. The maximum absolute atomic E-state index is 11.9. The third-order valence-corrected chi connectivity index (χ3v) is 5.50. The highest BCUT2D eigenvalue weighted by Crippen LogP contribution is 2.67. The van der Waals surface area contributed by atoms with Crippen LogP contribution in [-0.2, 0) is 4.79 Å². The first-order valence-corrected chi connectivity index (χ1v) is 6.22. The van der Waals surface area contributed by atoms with Gasteiger partial charge in [-0.2, -0.15) is 0 Å². The van der Waals surface area contributed by atoms with E-state index in [4.69, 9.17) is 0 Å². The zero-order valence-corrected chi connectivity index (χ0v) is 9.97. The van der Waals surface area contributed by atoms with Crippen LogP contribution in [0.15, 0.2) is 11.6 Å². The summed E-state index contributed by atoms with van der Waals surface area (Å²) in [7, 11) is 0. The lowest BCUT2D eigenvalue weighted by molar-refractivity contribution is -0.128. The summed E-state index contributed by atoms with van der Waals surface area (Å²) in [6.07, 6.45) is 6.76. The molecule has 0 amide bonds. The molecule has 1 nitrogen and oxygen atoms in total. The molecule has 0 aromatic heterocycles. The fraction of sp³-hybridized carbons (Fsp3) is 0.786. The van der Waals surface area contributed by atoms with Crippen LogP contribution in [0.2, 0.25) is 0 Å². The van der Waals surface area contributed by atoms with Crippen molar-refractivity contribution < 1.29 is 4.79 Å². The molecule has 4 aliphatic rings. The van der Waals surface area contributed by atoms with Gasteiger partial charge in [-0.05, 0) is 47.5 Å². The number of hydrogen-bond donors (Lipinski definition) is 0. The third-order valence-electron chi connectivity index (χ3n) is 5.50. The molecule has 0 radical (unpaired) electrons. The molecule has 0 aromatic rings. The van der Waals surface area contributed by atoms with Crippen molar-refractivity contribution in [3.63, 3.8) is 0 Å². The second-order valence-corrected chi connectivity index (χ2v) is 6.49. The Hall–Kier alpha value is -0.590. The number of hydrogen-bond acceptors (Lipinski definition) is 1. The molecule has 3 unspecified atom stereocenters. The Labute approximate surface area is 91.9 Å². The first kappa shape index (κ1) is 9.62. The summed E-state index contributed by atoms with van der Waals surface area (Å²) in [5.74, 6) is 1.86. The zero-order valence-electron chi connectivity index (χ0n) is 9.97. The first-order valence-electron chi connectivity index (χ1n) is 6.22. The van der Waals surface area contributed by atoms with E-state index in [1.807, 2.05) is 0 Å². The number of carbonyl (C=O) groups is 1. The maximum atomic E-state index is 11.9. The molecule has 0 heterocycles. The lowest BCUT2D eigenvalue weighted by Gasteiger charge is -2.64. The van der Waals surface area contributed by atoms with Crippen LogP contribution in [0, 0.1) is 22.7 Å². The lowest BCUT2D eigenvalue weighted by Crippen LogP contribution is -2.57. The summed E-state index contributed by atoms with van der Waals surface area (Å²) in [6.45, 7) is 7.09. The highest BCUT2D eigenvalue weighted by Gasteiger charge is 2.60. The van der Waals surface area contributed by atoms with Crippen molar-refractivity contribution in [3.05, 3.63) is 11.6 Å². The predicted molar refractivity (Wildman–Crippen MR) is 60.4 cm³/mol. The average Bonchev–Trinajstić information content (AvgIpc) is 2.15. The van der Waals surface area contributed by atoms with Gasteiger partial charge in [0.25, 0.3) is 0 Å². The molecular formula is C14H20O. The van der Waals surface area contributed by atoms with Gasteiger partial charge in [-0.1, -0.05) is 26.8 Å². The molecule has 4 aliphatic carbocycles. The van der Waals surface area contributed by atoms with Gasteiger partial charge in [0, 0.05) is 6.42 Å². The minimum absolute atomic E-state index is 0.216. The minimum Gasteiger partial charge on any atom is -0.295 e. The van der Waals surface area contributed by atoms with Crippen LogP contribution in [0.3, 0.4) is 0 Å². The van der Waals surface area contributed by atoms with Crippen molar-refractivity contribution in [1.82, 2.24) is 0 Å². The predicted octanol–water partition coefficient (Wildman–Crippen LogP) is 3.35. The standard InChI is InChI=1S/C14H20O/c1-13(2)9-7-10-11(15)5-4-6-14(10,3)12(13)8-9/h7,9,12H,4-6,8H2,1-3H3. The Balaban J connectivity index is 2.10. The monoisotopic (exact) mass is 204 g/mol. The Morgan fingerprint density at radius 2 is 2.07 bits per heavy atom. The normalized spacial score (nSPS) is 46.6. The summed E-state index contributed by atoms with van der Waals surface area (Å²) in [5.41, 5.74) is 1.85. The number of carbonyl (C=O) groups excluding carboxylic acids is 1. The van der Waals surface area contributed by atoms with Gasteiger partial charge in [-0.15, -0.1) is 0 Å². The number of allylic oxidation sites excluding steroid dienone is 2. The van der Waals surface area contributed by atoms with Crippen LogP contribution < -0.4 is 0 Å². The van der Waals surface area contributed by atoms with Gasteiger partial charge in [-0.25, -0.2) is 0 Å². The molecule has 0 spiro atoms. The number of Topliss-reactive ketones (excluding diaryl/α,β-unsaturated/α-hetero) is 1. The first-order chi connectivity index (χ1) is 6.96. The molecule has 0 saturated heterocycles. The van der Waals surface area contributed by atoms with E-state index in [-0.39, 0.29) is 5.41 Å². The Morgan fingerprint density at radius 1 is 1.33 bits per heavy atom. The third kappa shape index (κ3) is 0.971. The molecule has 4 rings (SSSR count). The second-order valence-electron chi connectivity index (χ2n) is 6.49. The molecule has 2 saturated carbocycles. The van der Waals surface area contributed by atoms with Crippen LogP contribution in [-0.4, -0.2) is 5.78 Å². The van der Waals surface area contributed by atoms with Crippen molar-refractivity contribution in [2.45, 2.75) is 46.5 Å². The molecule has 82 valence electrons. The summed E-state index contributed by atoms with van der Waals surface area (Å²) in [4.78, 5) is 11.9. The smallest absolute Gasteiger partial charge is 0.159 e. The van der Waals surface area contributed by atoms with E-state index in [0.29, 0.717) is 17.1 Å². The van der Waals surface area contributed by atoms with Gasteiger partial charge in [0.2, 0.25) is 0 Å². The topological polar surface area (TPSA) is 17.1 Å². The summed E-state index contributed by atoms with van der Waals surface area (Å²) in [6, 6.07) is 0. The van der Waals surface area contributed by atoms with Gasteiger partial charge in [0.15, 0.2) is 5.78 Å². The van der Waals surface area contributed by atoms with E-state index >= 15 is 0 Å². The van der Waals surface area contributed by atoms with E-state index in [0.717, 1.165) is 18.8 Å². The van der Waals surface area contributed by atoms with Crippen LogP contribution in [0.25, 0.3) is 0 Å². The van der Waals surface area contributed by atoms with Crippen molar-refractivity contribution >= 4 is 5.78 Å². The molecule has 0 N–H and O–H groups in total. The van der Waals surface area contributed by atoms with Crippen LogP contribution in [0.5, 0.6) is 0 Å². The molecule has 0 aliphatic heterocycles. The largest absolute Gasteiger partial charge is 0.295 e. The fourth-order valence-electron chi connectivity index (χ4n) is 4.37. The van der Waals surface area contributed by atoms with E-state index < -0.39 is 0 Å². The maximum Gasteiger partial charge on any atom is 0.159 e. The van der Waals surface area contributed by atoms with Gasteiger partial charge in [0.1, 0.15) is 0 Å². The molecule has 0 aromatic carbocycles. The van der Waals surface area contributed by atoms with E-state index in [9.17, 15) is 4.79 Å². The average molecular weight is 204 g/mol. The Morgan fingerprint density at radius 3 is 2.73 bits per heavy atom. The molecule has 15 heavy (non-hydrogen) atoms. The van der Waals surface area contributed by atoms with Gasteiger partial charge in [0.05, 0.1) is 0 Å². The van der Waals surface area contributed by atoms with Crippen LogP contribution in [0.1, 0.15) is 46.5 Å². The number of ketones is 1. The minimum atomic E-state index is 0.216. The molecule has 2 fully saturated rings. The van der Waals surface area contributed by atoms with Crippen molar-refractivity contribution in [2.75, 3.05) is 0 Å². The summed E-state index contributed by atoms with van der Waals surface area (Å²) >= 11 is 0. The summed E-state index contributed by atoms with van der Waals surface area (Å²) < 4.78 is 0. The van der Waals surface area contributed by atoms with Gasteiger partial charge in [-0.3, -0.25) is 4.79 Å². The van der Waals surface area contributed by atoms with E-state index in [1.165, 1.54) is 18.4 Å². The number of rotatable bonds is 0. The fourth-order valence-corrected chi connectivity index (χ4v) is 4.37. The molecule has 2 bridgehead atoms. The van der Waals surface area contributed by atoms with Crippen molar-refractivity contribution in [1.29, 1.82) is 0 Å². The Kier molecular flexibility index (Phi) is 1.64. The quantitative estimate of drug-likeness (QED) is 0.591.